The number of nitrogen functional groups attached to an aromatic ring is 1. The summed E-state index contributed by atoms with van der Waals surface area (Å²) in [7, 11) is 1.75. The van der Waals surface area contributed by atoms with Gasteiger partial charge >= 0.3 is 0 Å². The molecule has 2 rings (SSSR count). The first-order chi connectivity index (χ1) is 7.56. The van der Waals surface area contributed by atoms with E-state index in [1.165, 1.54) is 6.42 Å². The zero-order valence-electron chi connectivity index (χ0n) is 9.73. The van der Waals surface area contributed by atoms with Gasteiger partial charge in [0, 0.05) is 19.3 Å². The van der Waals surface area contributed by atoms with E-state index in [2.05, 4.69) is 17.3 Å². The molecule has 0 radical (unpaired) electrons. The van der Waals surface area contributed by atoms with Crippen LogP contribution in [-0.2, 0) is 7.05 Å². The number of nitrogens with zero attached hydrogens (tertiary/aromatic N) is 2. The van der Waals surface area contributed by atoms with Gasteiger partial charge in [-0.25, -0.2) is 0 Å². The van der Waals surface area contributed by atoms with E-state index in [1.54, 1.807) is 17.9 Å². The van der Waals surface area contributed by atoms with Crippen LogP contribution in [0.5, 0.6) is 0 Å². The van der Waals surface area contributed by atoms with Crippen molar-refractivity contribution in [2.75, 3.05) is 5.73 Å². The van der Waals surface area contributed by atoms with Crippen LogP contribution in [0.2, 0.25) is 0 Å². The molecule has 1 heterocycles. The standard InChI is InChI=1S/C11H18N4O/c1-7-3-4-8(5-7)13-11(16)10-9(12)6-15(2)14-10/h6-8H,3-5,12H2,1-2H3,(H,13,16). The highest BCUT2D eigenvalue weighted by Crippen LogP contribution is 2.24. The van der Waals surface area contributed by atoms with Crippen LogP contribution in [-0.4, -0.2) is 21.7 Å². The van der Waals surface area contributed by atoms with Gasteiger partial charge < -0.3 is 11.1 Å². The fourth-order valence-corrected chi connectivity index (χ4v) is 2.28. The third kappa shape index (κ3) is 2.18. The normalized spacial score (nSPS) is 24.6. The first-order valence-electron chi connectivity index (χ1n) is 5.66. The Balaban J connectivity index is 2.00. The molecule has 1 saturated carbocycles. The Hall–Kier alpha value is -1.52. The molecule has 16 heavy (non-hydrogen) atoms. The van der Waals surface area contributed by atoms with Crippen molar-refractivity contribution in [1.29, 1.82) is 0 Å². The lowest BCUT2D eigenvalue weighted by Gasteiger charge is -2.11. The number of aromatic nitrogens is 2. The summed E-state index contributed by atoms with van der Waals surface area (Å²) in [6.07, 6.45) is 4.94. The minimum absolute atomic E-state index is 0.155. The summed E-state index contributed by atoms with van der Waals surface area (Å²) in [6, 6.07) is 0.281. The second-order valence-corrected chi connectivity index (χ2v) is 4.70. The summed E-state index contributed by atoms with van der Waals surface area (Å²) in [5.41, 5.74) is 6.47. The van der Waals surface area contributed by atoms with Crippen LogP contribution in [0, 0.1) is 5.92 Å². The number of nitrogens with two attached hydrogens (primary N) is 1. The average Bonchev–Trinajstić information content (AvgIpc) is 2.73. The van der Waals surface area contributed by atoms with E-state index in [-0.39, 0.29) is 11.9 Å². The van der Waals surface area contributed by atoms with Crippen LogP contribution < -0.4 is 11.1 Å². The molecule has 1 aromatic heterocycles. The van der Waals surface area contributed by atoms with E-state index in [0.29, 0.717) is 17.3 Å². The maximum Gasteiger partial charge on any atom is 0.274 e. The first kappa shape index (κ1) is 11.0. The lowest BCUT2D eigenvalue weighted by Crippen LogP contribution is -2.33. The molecule has 0 saturated heterocycles. The minimum Gasteiger partial charge on any atom is -0.396 e. The molecule has 0 spiro atoms. The Kier molecular flexibility index (Phi) is 2.85. The number of amides is 1. The maximum atomic E-state index is 11.9. The van der Waals surface area contributed by atoms with E-state index in [1.807, 2.05) is 0 Å². The molecule has 1 aliphatic rings. The molecule has 1 aromatic rings. The summed E-state index contributed by atoms with van der Waals surface area (Å²) < 4.78 is 1.56. The van der Waals surface area contributed by atoms with Gasteiger partial charge in [-0.05, 0) is 25.2 Å². The smallest absolute Gasteiger partial charge is 0.274 e. The Bertz CT molecular complexity index is 399. The van der Waals surface area contributed by atoms with Crippen molar-refractivity contribution in [2.45, 2.75) is 32.2 Å². The molecule has 5 nitrogen and oxygen atoms in total. The fourth-order valence-electron chi connectivity index (χ4n) is 2.28. The quantitative estimate of drug-likeness (QED) is 0.781. The highest BCUT2D eigenvalue weighted by atomic mass is 16.2. The second-order valence-electron chi connectivity index (χ2n) is 4.70. The lowest BCUT2D eigenvalue weighted by atomic mass is 10.1. The number of carbonyl (C=O) groups is 1. The average molecular weight is 222 g/mol. The van der Waals surface area contributed by atoms with Crippen molar-refractivity contribution in [1.82, 2.24) is 15.1 Å². The maximum absolute atomic E-state index is 11.9. The van der Waals surface area contributed by atoms with E-state index >= 15 is 0 Å². The number of aryl methyl sites for hydroxylation is 1. The zero-order chi connectivity index (χ0) is 11.7. The third-order valence-electron chi connectivity index (χ3n) is 3.10. The van der Waals surface area contributed by atoms with Crippen molar-refractivity contribution >= 4 is 11.6 Å². The molecule has 88 valence electrons. The predicted octanol–water partition coefficient (Wildman–Crippen LogP) is 0.921. The van der Waals surface area contributed by atoms with Crippen LogP contribution in [0.3, 0.4) is 0 Å². The van der Waals surface area contributed by atoms with Gasteiger partial charge in [-0.15, -0.1) is 0 Å². The third-order valence-corrected chi connectivity index (χ3v) is 3.10. The highest BCUT2D eigenvalue weighted by molar-refractivity contribution is 5.97. The van der Waals surface area contributed by atoms with Gasteiger partial charge in [0.15, 0.2) is 5.69 Å². The second kappa shape index (κ2) is 4.15. The van der Waals surface area contributed by atoms with Gasteiger partial charge in [0.1, 0.15) is 0 Å². The van der Waals surface area contributed by atoms with Crippen molar-refractivity contribution < 1.29 is 4.79 Å². The van der Waals surface area contributed by atoms with Gasteiger partial charge in [-0.3, -0.25) is 9.48 Å². The summed E-state index contributed by atoms with van der Waals surface area (Å²) >= 11 is 0. The molecular formula is C11H18N4O. The van der Waals surface area contributed by atoms with Crippen molar-refractivity contribution in [3.63, 3.8) is 0 Å². The summed E-state index contributed by atoms with van der Waals surface area (Å²) in [6.45, 7) is 2.21. The lowest BCUT2D eigenvalue weighted by molar-refractivity contribution is 0.0932. The van der Waals surface area contributed by atoms with E-state index in [9.17, 15) is 4.79 Å². The molecule has 2 atom stereocenters. The van der Waals surface area contributed by atoms with Crippen LogP contribution in [0.15, 0.2) is 6.20 Å². The Morgan fingerprint density at radius 3 is 2.88 bits per heavy atom. The number of anilines is 1. The molecule has 1 amide bonds. The zero-order valence-corrected chi connectivity index (χ0v) is 9.73. The number of hydrogen-bond acceptors (Lipinski definition) is 3. The van der Waals surface area contributed by atoms with Gasteiger partial charge in [-0.1, -0.05) is 6.92 Å². The number of carbonyl (C=O) groups excluding carboxylic acids is 1. The first-order valence-corrected chi connectivity index (χ1v) is 5.66. The topological polar surface area (TPSA) is 72.9 Å². The Morgan fingerprint density at radius 1 is 1.62 bits per heavy atom. The van der Waals surface area contributed by atoms with Crippen molar-refractivity contribution in [2.24, 2.45) is 13.0 Å². The SMILES string of the molecule is CC1CCC(NC(=O)c2nn(C)cc2N)C1. The fraction of sp³-hybridized carbons (Fsp3) is 0.636. The van der Waals surface area contributed by atoms with Gasteiger partial charge in [0.25, 0.3) is 5.91 Å². The summed E-state index contributed by atoms with van der Waals surface area (Å²) in [4.78, 5) is 11.9. The largest absolute Gasteiger partial charge is 0.396 e. The Morgan fingerprint density at radius 2 is 2.38 bits per heavy atom. The molecule has 0 aliphatic heterocycles. The van der Waals surface area contributed by atoms with E-state index in [4.69, 9.17) is 5.73 Å². The Labute approximate surface area is 95.0 Å². The predicted molar refractivity (Wildman–Crippen MR) is 61.9 cm³/mol. The number of nitrogens with one attached hydrogen (secondary N) is 1. The molecule has 1 fully saturated rings. The van der Waals surface area contributed by atoms with Gasteiger partial charge in [-0.2, -0.15) is 5.10 Å². The molecule has 1 aliphatic carbocycles. The monoisotopic (exact) mass is 222 g/mol. The van der Waals surface area contributed by atoms with Gasteiger partial charge in [0.05, 0.1) is 5.69 Å². The van der Waals surface area contributed by atoms with Gasteiger partial charge in [0.2, 0.25) is 0 Å². The van der Waals surface area contributed by atoms with Crippen LogP contribution in [0.25, 0.3) is 0 Å². The van der Waals surface area contributed by atoms with E-state index < -0.39 is 0 Å². The van der Waals surface area contributed by atoms with Crippen LogP contribution in [0.4, 0.5) is 5.69 Å². The number of hydrogen-bond donors (Lipinski definition) is 2. The molecule has 5 heteroatoms. The van der Waals surface area contributed by atoms with Crippen molar-refractivity contribution in [3.8, 4) is 0 Å². The minimum atomic E-state index is -0.155. The highest BCUT2D eigenvalue weighted by Gasteiger charge is 2.24. The molecule has 2 unspecified atom stereocenters. The number of rotatable bonds is 2. The van der Waals surface area contributed by atoms with Crippen LogP contribution in [0.1, 0.15) is 36.7 Å². The summed E-state index contributed by atoms with van der Waals surface area (Å²) in [5.74, 6) is 0.545. The van der Waals surface area contributed by atoms with Crippen LogP contribution >= 0.6 is 0 Å². The molecule has 3 N–H and O–H groups in total. The molecule has 0 bridgehead atoms. The van der Waals surface area contributed by atoms with Crippen molar-refractivity contribution in [3.05, 3.63) is 11.9 Å². The molecular weight excluding hydrogens is 204 g/mol. The summed E-state index contributed by atoms with van der Waals surface area (Å²) in [5, 5.41) is 7.04. The van der Waals surface area contributed by atoms with E-state index in [0.717, 1.165) is 12.8 Å². The molecule has 0 aromatic carbocycles.